The van der Waals surface area contributed by atoms with Gasteiger partial charge in [-0.3, -0.25) is 0 Å². The van der Waals surface area contributed by atoms with Gasteiger partial charge in [0.2, 0.25) is 5.28 Å². The maximum Gasteiger partial charge on any atom is 0.226 e. The topological polar surface area (TPSA) is 38.7 Å². The molecule has 150 valence electrons. The SMILES string of the molecule is C=C/C=C(\C=C)c1cccc(-c2nc(Cl)nc(-c3cccc(-c4ccccc4)c3)n2)c1. The number of allylic oxidation sites excluding steroid dienone is 4. The lowest BCUT2D eigenvalue weighted by Gasteiger charge is -2.08. The van der Waals surface area contributed by atoms with Crippen molar-refractivity contribution in [3.05, 3.63) is 121 Å². The van der Waals surface area contributed by atoms with Gasteiger partial charge in [0.05, 0.1) is 0 Å². The highest BCUT2D eigenvalue weighted by molar-refractivity contribution is 6.28. The van der Waals surface area contributed by atoms with E-state index in [1.165, 1.54) is 0 Å². The van der Waals surface area contributed by atoms with E-state index in [0.717, 1.165) is 33.4 Å². The van der Waals surface area contributed by atoms with Gasteiger partial charge in [0.1, 0.15) is 0 Å². The van der Waals surface area contributed by atoms with E-state index >= 15 is 0 Å². The zero-order chi connectivity index (χ0) is 21.6. The first kappa shape index (κ1) is 20.5. The van der Waals surface area contributed by atoms with E-state index in [2.05, 4.69) is 47.4 Å². The molecule has 4 aromatic rings. The molecule has 0 saturated heterocycles. The van der Waals surface area contributed by atoms with Crippen LogP contribution in [-0.2, 0) is 0 Å². The lowest BCUT2D eigenvalue weighted by atomic mass is 10.0. The summed E-state index contributed by atoms with van der Waals surface area (Å²) >= 11 is 6.28. The van der Waals surface area contributed by atoms with Crippen LogP contribution in [0.15, 0.2) is 110 Å². The highest BCUT2D eigenvalue weighted by Crippen LogP contribution is 2.27. The molecule has 1 heterocycles. The molecular formula is C27H20ClN3. The molecule has 0 amide bonds. The van der Waals surface area contributed by atoms with Crippen LogP contribution in [0.2, 0.25) is 5.28 Å². The van der Waals surface area contributed by atoms with E-state index in [9.17, 15) is 0 Å². The monoisotopic (exact) mass is 421 g/mol. The number of rotatable bonds is 6. The Kier molecular flexibility index (Phi) is 6.16. The second-order valence-corrected chi connectivity index (χ2v) is 7.18. The molecule has 0 aliphatic heterocycles. The molecule has 1 aromatic heterocycles. The standard InChI is InChI=1S/C27H20ClN3/c1-3-10-19(4-2)21-13-8-15-23(17-21)25-29-26(31-27(28)30-25)24-16-9-14-22(18-24)20-11-6-5-7-12-20/h3-18H,1-2H2/b19-10+. The van der Waals surface area contributed by atoms with Crippen LogP contribution in [-0.4, -0.2) is 15.0 Å². The van der Waals surface area contributed by atoms with Gasteiger partial charge in [-0.15, -0.1) is 0 Å². The van der Waals surface area contributed by atoms with Crippen molar-refractivity contribution >= 4 is 17.2 Å². The predicted molar refractivity (Wildman–Crippen MR) is 130 cm³/mol. The highest BCUT2D eigenvalue weighted by Gasteiger charge is 2.11. The van der Waals surface area contributed by atoms with Gasteiger partial charge in [0.15, 0.2) is 11.6 Å². The van der Waals surface area contributed by atoms with Crippen LogP contribution in [0.25, 0.3) is 39.5 Å². The van der Waals surface area contributed by atoms with Gasteiger partial charge in [-0.1, -0.05) is 98.1 Å². The number of nitrogens with zero attached hydrogens (tertiary/aromatic N) is 3. The summed E-state index contributed by atoms with van der Waals surface area (Å²) < 4.78 is 0. The Labute approximate surface area is 187 Å². The molecule has 0 radical (unpaired) electrons. The quantitative estimate of drug-likeness (QED) is 0.307. The zero-order valence-corrected chi connectivity index (χ0v) is 17.6. The Morgan fingerprint density at radius 1 is 0.677 bits per heavy atom. The van der Waals surface area contributed by atoms with E-state index in [1.807, 2.05) is 60.7 Å². The molecule has 4 rings (SSSR count). The first-order valence-corrected chi connectivity index (χ1v) is 10.2. The highest BCUT2D eigenvalue weighted by atomic mass is 35.5. The van der Waals surface area contributed by atoms with Crippen molar-refractivity contribution in [3.8, 4) is 33.9 Å². The second-order valence-electron chi connectivity index (χ2n) is 6.84. The van der Waals surface area contributed by atoms with Crippen molar-refractivity contribution in [3.63, 3.8) is 0 Å². The fourth-order valence-electron chi connectivity index (χ4n) is 3.32. The summed E-state index contributed by atoms with van der Waals surface area (Å²) in [5.41, 5.74) is 5.90. The van der Waals surface area contributed by atoms with Crippen LogP contribution in [0.1, 0.15) is 5.56 Å². The Morgan fingerprint density at radius 3 is 1.97 bits per heavy atom. The molecule has 0 atom stereocenters. The molecule has 3 nitrogen and oxygen atoms in total. The smallest absolute Gasteiger partial charge is 0.208 e. The molecule has 31 heavy (non-hydrogen) atoms. The van der Waals surface area contributed by atoms with Gasteiger partial charge in [-0.2, -0.15) is 9.97 Å². The lowest BCUT2D eigenvalue weighted by molar-refractivity contribution is 1.07. The Hall–Kier alpha value is -3.82. The summed E-state index contributed by atoms with van der Waals surface area (Å²) in [5.74, 6) is 1.05. The van der Waals surface area contributed by atoms with Gasteiger partial charge in [-0.05, 0) is 46.0 Å². The molecule has 0 spiro atoms. The third-order valence-corrected chi connectivity index (χ3v) is 4.98. The van der Waals surface area contributed by atoms with Gasteiger partial charge in [0.25, 0.3) is 0 Å². The average Bonchev–Trinajstić information content (AvgIpc) is 2.83. The molecule has 4 heteroatoms. The minimum atomic E-state index is 0.154. The number of hydrogen-bond acceptors (Lipinski definition) is 3. The van der Waals surface area contributed by atoms with E-state index in [1.54, 1.807) is 12.2 Å². The summed E-state index contributed by atoms with van der Waals surface area (Å²) in [4.78, 5) is 13.4. The van der Waals surface area contributed by atoms with Crippen LogP contribution >= 0.6 is 11.6 Å². The Balaban J connectivity index is 1.77. The zero-order valence-electron chi connectivity index (χ0n) is 16.9. The summed E-state index contributed by atoms with van der Waals surface area (Å²) in [6, 6.07) is 26.2. The fraction of sp³-hybridized carbons (Fsp3) is 0. The summed E-state index contributed by atoms with van der Waals surface area (Å²) in [5, 5.41) is 0.154. The number of halogens is 1. The molecule has 0 fully saturated rings. The van der Waals surface area contributed by atoms with Crippen LogP contribution < -0.4 is 0 Å². The predicted octanol–water partition coefficient (Wildman–Crippen LogP) is 7.28. The minimum absolute atomic E-state index is 0.154. The van der Waals surface area contributed by atoms with Crippen molar-refractivity contribution in [1.29, 1.82) is 0 Å². The lowest BCUT2D eigenvalue weighted by Crippen LogP contribution is -1.98. The van der Waals surface area contributed by atoms with Gasteiger partial charge < -0.3 is 0 Å². The molecule has 0 bridgehead atoms. The molecule has 0 N–H and O–H groups in total. The average molecular weight is 422 g/mol. The van der Waals surface area contributed by atoms with Crippen molar-refractivity contribution < 1.29 is 0 Å². The van der Waals surface area contributed by atoms with E-state index in [-0.39, 0.29) is 5.28 Å². The molecule has 0 saturated carbocycles. The van der Waals surface area contributed by atoms with Crippen LogP contribution in [0.3, 0.4) is 0 Å². The Bertz CT molecular complexity index is 1280. The summed E-state index contributed by atoms with van der Waals surface area (Å²) in [6.07, 6.45) is 5.44. The molecular weight excluding hydrogens is 402 g/mol. The van der Waals surface area contributed by atoms with Crippen molar-refractivity contribution in [1.82, 2.24) is 15.0 Å². The van der Waals surface area contributed by atoms with Gasteiger partial charge in [-0.25, -0.2) is 4.98 Å². The molecule has 0 aliphatic carbocycles. The molecule has 0 aliphatic rings. The van der Waals surface area contributed by atoms with Crippen LogP contribution in [0, 0.1) is 0 Å². The van der Waals surface area contributed by atoms with Crippen LogP contribution in [0.5, 0.6) is 0 Å². The first-order valence-electron chi connectivity index (χ1n) is 9.81. The van der Waals surface area contributed by atoms with Crippen LogP contribution in [0.4, 0.5) is 0 Å². The van der Waals surface area contributed by atoms with Crippen molar-refractivity contribution in [2.45, 2.75) is 0 Å². The largest absolute Gasteiger partial charge is 0.226 e. The van der Waals surface area contributed by atoms with E-state index in [4.69, 9.17) is 16.6 Å². The number of benzene rings is 3. The number of aromatic nitrogens is 3. The first-order chi connectivity index (χ1) is 15.2. The van der Waals surface area contributed by atoms with Crippen molar-refractivity contribution in [2.75, 3.05) is 0 Å². The third-order valence-electron chi connectivity index (χ3n) is 4.81. The maximum absolute atomic E-state index is 6.28. The summed E-state index contributed by atoms with van der Waals surface area (Å²) in [6.45, 7) is 7.65. The number of hydrogen-bond donors (Lipinski definition) is 0. The van der Waals surface area contributed by atoms with E-state index < -0.39 is 0 Å². The normalized spacial score (nSPS) is 11.2. The maximum atomic E-state index is 6.28. The third kappa shape index (κ3) is 4.68. The Morgan fingerprint density at radius 2 is 1.29 bits per heavy atom. The minimum Gasteiger partial charge on any atom is -0.208 e. The summed E-state index contributed by atoms with van der Waals surface area (Å²) in [7, 11) is 0. The van der Waals surface area contributed by atoms with Gasteiger partial charge in [0, 0.05) is 11.1 Å². The second kappa shape index (κ2) is 9.33. The van der Waals surface area contributed by atoms with Crippen molar-refractivity contribution in [2.24, 2.45) is 0 Å². The molecule has 3 aromatic carbocycles. The van der Waals surface area contributed by atoms with Gasteiger partial charge >= 0.3 is 0 Å². The van der Waals surface area contributed by atoms with E-state index in [0.29, 0.717) is 11.6 Å². The fourth-order valence-corrected chi connectivity index (χ4v) is 3.48. The molecule has 0 unspecified atom stereocenters.